The van der Waals surface area contributed by atoms with Gasteiger partial charge in [-0.05, 0) is 43.2 Å². The van der Waals surface area contributed by atoms with E-state index >= 15 is 0 Å². The van der Waals surface area contributed by atoms with Crippen molar-refractivity contribution >= 4 is 44.4 Å². The summed E-state index contributed by atoms with van der Waals surface area (Å²) in [6.45, 7) is 1.68. The lowest BCUT2D eigenvalue weighted by molar-refractivity contribution is 0.246. The maximum absolute atomic E-state index is 12.2. The van der Waals surface area contributed by atoms with Crippen molar-refractivity contribution in [1.29, 1.82) is 0 Å². The molecule has 2 aromatic carbocycles. The highest BCUT2D eigenvalue weighted by Crippen LogP contribution is 2.28. The zero-order chi connectivity index (χ0) is 18.6. The summed E-state index contributed by atoms with van der Waals surface area (Å²) in [5.41, 5.74) is 1.73. The van der Waals surface area contributed by atoms with Crippen molar-refractivity contribution in [3.8, 4) is 0 Å². The number of carbonyl (C=O) groups excluding carboxylic acids is 1. The summed E-state index contributed by atoms with van der Waals surface area (Å²) < 4.78 is 1.01. The fraction of sp³-hybridized carbons (Fsp3) is 0.250. The molecule has 0 radical (unpaired) electrons. The Kier molecular flexibility index (Phi) is 5.20. The molecule has 0 saturated carbocycles. The summed E-state index contributed by atoms with van der Waals surface area (Å²) in [6.07, 6.45) is 3.37. The summed E-state index contributed by atoms with van der Waals surface area (Å²) in [6, 6.07) is 15.5. The van der Waals surface area contributed by atoms with Gasteiger partial charge in [0.15, 0.2) is 0 Å². The van der Waals surface area contributed by atoms with Gasteiger partial charge >= 0.3 is 6.03 Å². The molecule has 1 fully saturated rings. The van der Waals surface area contributed by atoms with Gasteiger partial charge in [-0.15, -0.1) is 0 Å². The maximum Gasteiger partial charge on any atom is 0.319 e. The molecule has 0 spiro atoms. The summed E-state index contributed by atoms with van der Waals surface area (Å²) in [4.78, 5) is 23.3. The van der Waals surface area contributed by atoms with E-state index in [0.29, 0.717) is 0 Å². The predicted octanol–water partition coefficient (Wildman–Crippen LogP) is 4.18. The molecular weight excluding hydrogens is 406 g/mol. The Balaban J connectivity index is 1.38. The monoisotopic (exact) mass is 425 g/mol. The Bertz CT molecular complexity index is 942. The van der Waals surface area contributed by atoms with E-state index in [9.17, 15) is 4.79 Å². The highest BCUT2D eigenvalue weighted by atomic mass is 79.9. The van der Waals surface area contributed by atoms with Gasteiger partial charge in [0.05, 0.1) is 5.52 Å². The minimum Gasteiger partial charge on any atom is -0.356 e. The number of piperidine rings is 1. The Morgan fingerprint density at radius 1 is 1.07 bits per heavy atom. The molecule has 7 heteroatoms. The average molecular weight is 426 g/mol. The third-order valence-electron chi connectivity index (χ3n) is 4.74. The number of rotatable bonds is 3. The molecular formula is C20H20BrN5O. The summed E-state index contributed by atoms with van der Waals surface area (Å²) in [5.74, 6) is 0.952. The van der Waals surface area contributed by atoms with Gasteiger partial charge in [-0.25, -0.2) is 14.8 Å². The molecule has 138 valence electrons. The summed E-state index contributed by atoms with van der Waals surface area (Å²) >= 11 is 3.53. The predicted molar refractivity (Wildman–Crippen MR) is 111 cm³/mol. The van der Waals surface area contributed by atoms with Crippen LogP contribution in [0.1, 0.15) is 12.8 Å². The first kappa shape index (κ1) is 17.7. The minimum atomic E-state index is -0.156. The molecule has 1 saturated heterocycles. The van der Waals surface area contributed by atoms with E-state index in [4.69, 9.17) is 0 Å². The van der Waals surface area contributed by atoms with Crippen LogP contribution in [0.3, 0.4) is 0 Å². The van der Waals surface area contributed by atoms with Crippen LogP contribution < -0.4 is 15.5 Å². The number of nitrogens with one attached hydrogen (secondary N) is 2. The number of hydrogen-bond acceptors (Lipinski definition) is 4. The number of halogens is 1. The quantitative estimate of drug-likeness (QED) is 0.659. The van der Waals surface area contributed by atoms with E-state index in [-0.39, 0.29) is 12.1 Å². The van der Waals surface area contributed by atoms with Crippen LogP contribution in [-0.4, -0.2) is 35.1 Å². The number of aromatic nitrogens is 2. The normalized spacial score (nSPS) is 14.9. The molecule has 27 heavy (non-hydrogen) atoms. The zero-order valence-corrected chi connectivity index (χ0v) is 16.3. The number of carbonyl (C=O) groups is 1. The fourth-order valence-electron chi connectivity index (χ4n) is 3.38. The Hall–Kier alpha value is -2.67. The molecule has 0 atom stereocenters. The van der Waals surface area contributed by atoms with Crippen LogP contribution in [0.5, 0.6) is 0 Å². The van der Waals surface area contributed by atoms with Gasteiger partial charge in [0.1, 0.15) is 12.1 Å². The highest BCUT2D eigenvalue weighted by Gasteiger charge is 2.23. The molecule has 1 aliphatic rings. The molecule has 3 aromatic rings. The summed E-state index contributed by atoms with van der Waals surface area (Å²) in [5, 5.41) is 6.98. The van der Waals surface area contributed by atoms with Crippen LogP contribution in [0.4, 0.5) is 16.3 Å². The number of urea groups is 1. The minimum absolute atomic E-state index is 0.156. The highest BCUT2D eigenvalue weighted by molar-refractivity contribution is 9.10. The maximum atomic E-state index is 12.2. The Morgan fingerprint density at radius 3 is 2.63 bits per heavy atom. The number of amides is 2. The van der Waals surface area contributed by atoms with Gasteiger partial charge in [-0.2, -0.15) is 0 Å². The van der Waals surface area contributed by atoms with Crippen molar-refractivity contribution in [2.45, 2.75) is 18.9 Å². The topological polar surface area (TPSA) is 70.2 Å². The van der Waals surface area contributed by atoms with Gasteiger partial charge in [0.2, 0.25) is 0 Å². The van der Waals surface area contributed by atoms with Crippen LogP contribution in [0.2, 0.25) is 0 Å². The fourth-order valence-corrected chi connectivity index (χ4v) is 3.74. The number of hydrogen-bond donors (Lipinski definition) is 2. The first-order valence-corrected chi connectivity index (χ1v) is 9.76. The SMILES string of the molecule is O=C(Nc1ccccc1)NC1CCN(c2ncnc3ccc(Br)cc23)CC1. The second kappa shape index (κ2) is 7.92. The molecule has 1 aromatic heterocycles. The van der Waals surface area contributed by atoms with Gasteiger partial charge in [-0.1, -0.05) is 34.1 Å². The molecule has 6 nitrogen and oxygen atoms in total. The molecule has 0 bridgehead atoms. The molecule has 2 amide bonds. The van der Waals surface area contributed by atoms with E-state index < -0.39 is 0 Å². The number of para-hydroxylation sites is 1. The van der Waals surface area contributed by atoms with E-state index in [1.807, 2.05) is 42.5 Å². The van der Waals surface area contributed by atoms with Gasteiger partial charge in [0.25, 0.3) is 0 Å². The van der Waals surface area contributed by atoms with E-state index in [1.165, 1.54) is 0 Å². The van der Waals surface area contributed by atoms with Gasteiger partial charge in [-0.3, -0.25) is 0 Å². The third kappa shape index (κ3) is 4.19. The molecule has 0 aliphatic carbocycles. The van der Waals surface area contributed by atoms with Crippen LogP contribution >= 0.6 is 15.9 Å². The standard InChI is InChI=1S/C20H20BrN5O/c21-14-6-7-18-17(12-14)19(23-13-22-18)26-10-8-16(9-11-26)25-20(27)24-15-4-2-1-3-5-15/h1-7,12-13,16H,8-11H2,(H2,24,25,27). The molecule has 2 heterocycles. The molecule has 0 unspecified atom stereocenters. The lowest BCUT2D eigenvalue weighted by atomic mass is 10.0. The number of fused-ring (bicyclic) bond motifs is 1. The smallest absolute Gasteiger partial charge is 0.319 e. The number of nitrogens with zero attached hydrogens (tertiary/aromatic N) is 3. The van der Waals surface area contributed by atoms with Crippen molar-refractivity contribution < 1.29 is 4.79 Å². The van der Waals surface area contributed by atoms with Crippen LogP contribution in [-0.2, 0) is 0 Å². The Labute approximate surface area is 166 Å². The van der Waals surface area contributed by atoms with Crippen molar-refractivity contribution in [2.24, 2.45) is 0 Å². The lowest BCUT2D eigenvalue weighted by Gasteiger charge is -2.33. The van der Waals surface area contributed by atoms with E-state index in [1.54, 1.807) is 6.33 Å². The molecule has 4 rings (SSSR count). The van der Waals surface area contributed by atoms with Crippen LogP contribution in [0.25, 0.3) is 10.9 Å². The zero-order valence-electron chi connectivity index (χ0n) is 14.7. The van der Waals surface area contributed by atoms with Crippen molar-refractivity contribution in [2.75, 3.05) is 23.3 Å². The average Bonchev–Trinajstić information content (AvgIpc) is 2.69. The van der Waals surface area contributed by atoms with Crippen LogP contribution in [0.15, 0.2) is 59.3 Å². The third-order valence-corrected chi connectivity index (χ3v) is 5.23. The molecule has 2 N–H and O–H groups in total. The number of anilines is 2. The second-order valence-corrected chi connectivity index (χ2v) is 7.50. The number of benzene rings is 2. The second-order valence-electron chi connectivity index (χ2n) is 6.58. The van der Waals surface area contributed by atoms with E-state index in [0.717, 1.165) is 52.8 Å². The van der Waals surface area contributed by atoms with Gasteiger partial charge < -0.3 is 15.5 Å². The van der Waals surface area contributed by atoms with E-state index in [2.05, 4.69) is 47.5 Å². The van der Waals surface area contributed by atoms with Gasteiger partial charge in [0, 0.05) is 34.7 Å². The van der Waals surface area contributed by atoms with Crippen molar-refractivity contribution in [3.63, 3.8) is 0 Å². The first-order chi connectivity index (χ1) is 13.2. The van der Waals surface area contributed by atoms with Crippen molar-refractivity contribution in [3.05, 3.63) is 59.3 Å². The largest absolute Gasteiger partial charge is 0.356 e. The van der Waals surface area contributed by atoms with Crippen LogP contribution in [0, 0.1) is 0 Å². The molecule has 1 aliphatic heterocycles. The lowest BCUT2D eigenvalue weighted by Crippen LogP contribution is -2.46. The summed E-state index contributed by atoms with van der Waals surface area (Å²) in [7, 11) is 0. The van der Waals surface area contributed by atoms with Crippen molar-refractivity contribution in [1.82, 2.24) is 15.3 Å². The Morgan fingerprint density at radius 2 is 1.85 bits per heavy atom. The first-order valence-electron chi connectivity index (χ1n) is 8.97.